The summed E-state index contributed by atoms with van der Waals surface area (Å²) >= 11 is 3.34. The highest BCUT2D eigenvalue weighted by Crippen LogP contribution is 2.37. The summed E-state index contributed by atoms with van der Waals surface area (Å²) in [5.41, 5.74) is 10.1. The van der Waals surface area contributed by atoms with Crippen LogP contribution in [-0.2, 0) is 6.42 Å². The largest absolute Gasteiger partial charge is 0.324 e. The number of hydrogen-bond donors (Lipinski definition) is 1. The van der Waals surface area contributed by atoms with E-state index in [9.17, 15) is 4.39 Å². The Morgan fingerprint density at radius 1 is 1.24 bits per heavy atom. The minimum Gasteiger partial charge on any atom is -0.324 e. The van der Waals surface area contributed by atoms with Crippen LogP contribution in [0.15, 0.2) is 46.9 Å². The first-order valence-electron chi connectivity index (χ1n) is 7.43. The van der Waals surface area contributed by atoms with Crippen LogP contribution in [0.1, 0.15) is 47.9 Å². The average molecular weight is 348 g/mol. The molecule has 2 aromatic carbocycles. The van der Waals surface area contributed by atoms with Crippen molar-refractivity contribution in [2.24, 2.45) is 5.73 Å². The zero-order valence-corrected chi connectivity index (χ0v) is 13.4. The van der Waals surface area contributed by atoms with Gasteiger partial charge in [0.15, 0.2) is 0 Å². The van der Waals surface area contributed by atoms with Crippen molar-refractivity contribution >= 4 is 15.9 Å². The number of hydrogen-bond acceptors (Lipinski definition) is 1. The van der Waals surface area contributed by atoms with Gasteiger partial charge in [0.25, 0.3) is 0 Å². The molecule has 0 saturated heterocycles. The summed E-state index contributed by atoms with van der Waals surface area (Å²) in [4.78, 5) is 0. The molecule has 3 rings (SSSR count). The van der Waals surface area contributed by atoms with Gasteiger partial charge in [-0.15, -0.1) is 0 Å². The van der Waals surface area contributed by atoms with Crippen LogP contribution in [0.4, 0.5) is 4.39 Å². The second-order valence-corrected chi connectivity index (χ2v) is 6.75. The molecule has 2 unspecified atom stereocenters. The van der Waals surface area contributed by atoms with Crippen molar-refractivity contribution < 1.29 is 4.39 Å². The molecule has 0 heterocycles. The molecule has 21 heavy (non-hydrogen) atoms. The molecule has 2 aromatic rings. The molecule has 1 nitrogen and oxygen atoms in total. The fraction of sp³-hybridized carbons (Fsp3) is 0.333. The van der Waals surface area contributed by atoms with Gasteiger partial charge in [0.05, 0.1) is 0 Å². The normalized spacial score (nSPS) is 19.1. The third-order valence-corrected chi connectivity index (χ3v) is 4.80. The van der Waals surface area contributed by atoms with Gasteiger partial charge in [-0.3, -0.25) is 0 Å². The summed E-state index contributed by atoms with van der Waals surface area (Å²) in [6.45, 7) is 0. The molecule has 0 aliphatic heterocycles. The van der Waals surface area contributed by atoms with E-state index in [1.165, 1.54) is 30.0 Å². The molecular formula is C18H19BrFN. The van der Waals surface area contributed by atoms with Gasteiger partial charge in [0, 0.05) is 10.5 Å². The van der Waals surface area contributed by atoms with Crippen LogP contribution in [0, 0.1) is 5.82 Å². The Bertz CT molecular complexity index is 621. The van der Waals surface area contributed by atoms with Gasteiger partial charge in [0.2, 0.25) is 0 Å². The van der Waals surface area contributed by atoms with E-state index in [-0.39, 0.29) is 11.9 Å². The van der Waals surface area contributed by atoms with Crippen LogP contribution in [-0.4, -0.2) is 0 Å². The minimum atomic E-state index is -0.237. The summed E-state index contributed by atoms with van der Waals surface area (Å²) < 4.78 is 14.3. The Morgan fingerprint density at radius 3 is 2.86 bits per heavy atom. The van der Waals surface area contributed by atoms with E-state index >= 15 is 0 Å². The SMILES string of the molecule is NC(CC1CCCc2ccccc21)c1cc(F)cc(Br)c1. The van der Waals surface area contributed by atoms with E-state index in [2.05, 4.69) is 40.2 Å². The van der Waals surface area contributed by atoms with Crippen molar-refractivity contribution in [3.8, 4) is 0 Å². The predicted molar refractivity (Wildman–Crippen MR) is 87.8 cm³/mol. The van der Waals surface area contributed by atoms with Gasteiger partial charge in [-0.05, 0) is 66.5 Å². The molecule has 0 amide bonds. The first-order chi connectivity index (χ1) is 10.1. The van der Waals surface area contributed by atoms with E-state index < -0.39 is 0 Å². The van der Waals surface area contributed by atoms with E-state index in [0.717, 1.165) is 22.9 Å². The molecule has 0 bridgehead atoms. The topological polar surface area (TPSA) is 26.0 Å². The fourth-order valence-corrected chi connectivity index (χ4v) is 3.81. The number of aryl methyl sites for hydroxylation is 1. The van der Waals surface area contributed by atoms with Crippen LogP contribution in [0.2, 0.25) is 0 Å². The van der Waals surface area contributed by atoms with Gasteiger partial charge in [-0.2, -0.15) is 0 Å². The lowest BCUT2D eigenvalue weighted by Crippen LogP contribution is -2.18. The molecule has 0 radical (unpaired) electrons. The molecule has 1 aliphatic carbocycles. The van der Waals surface area contributed by atoms with Crippen LogP contribution >= 0.6 is 15.9 Å². The standard InChI is InChI=1S/C18H19BrFN/c19-15-8-14(9-16(20)11-15)18(21)10-13-6-3-5-12-4-1-2-7-17(12)13/h1-2,4,7-9,11,13,18H,3,5-6,10,21H2. The number of fused-ring (bicyclic) bond motifs is 1. The van der Waals surface area contributed by atoms with E-state index in [0.29, 0.717) is 5.92 Å². The molecule has 2 N–H and O–H groups in total. The summed E-state index contributed by atoms with van der Waals surface area (Å²) in [6.07, 6.45) is 4.41. The highest BCUT2D eigenvalue weighted by atomic mass is 79.9. The van der Waals surface area contributed by atoms with Crippen molar-refractivity contribution in [1.29, 1.82) is 0 Å². The van der Waals surface area contributed by atoms with Crippen LogP contribution < -0.4 is 5.73 Å². The summed E-state index contributed by atoms with van der Waals surface area (Å²) in [5, 5.41) is 0. The quantitative estimate of drug-likeness (QED) is 0.821. The Hall–Kier alpha value is -1.19. The molecule has 0 fully saturated rings. The third-order valence-electron chi connectivity index (χ3n) is 4.35. The number of benzene rings is 2. The Morgan fingerprint density at radius 2 is 2.05 bits per heavy atom. The second kappa shape index (κ2) is 6.29. The van der Waals surface area contributed by atoms with E-state index in [1.54, 1.807) is 6.07 Å². The molecule has 110 valence electrons. The summed E-state index contributed by atoms with van der Waals surface area (Å²) in [6, 6.07) is 13.4. The van der Waals surface area contributed by atoms with E-state index in [4.69, 9.17) is 5.73 Å². The molecular weight excluding hydrogens is 329 g/mol. The van der Waals surface area contributed by atoms with Gasteiger partial charge < -0.3 is 5.73 Å². The number of nitrogens with two attached hydrogens (primary N) is 1. The lowest BCUT2D eigenvalue weighted by atomic mass is 9.79. The van der Waals surface area contributed by atoms with Gasteiger partial charge in [-0.25, -0.2) is 4.39 Å². The Kier molecular flexibility index (Phi) is 4.41. The molecule has 0 aromatic heterocycles. The van der Waals surface area contributed by atoms with Crippen LogP contribution in [0.3, 0.4) is 0 Å². The first kappa shape index (κ1) is 14.7. The number of rotatable bonds is 3. The highest BCUT2D eigenvalue weighted by Gasteiger charge is 2.22. The lowest BCUT2D eigenvalue weighted by Gasteiger charge is -2.28. The van der Waals surface area contributed by atoms with Crippen molar-refractivity contribution in [3.63, 3.8) is 0 Å². The van der Waals surface area contributed by atoms with Gasteiger partial charge in [-0.1, -0.05) is 40.2 Å². The predicted octanol–water partition coefficient (Wildman–Crippen LogP) is 5.10. The average Bonchev–Trinajstić information content (AvgIpc) is 2.46. The van der Waals surface area contributed by atoms with E-state index in [1.807, 2.05) is 6.07 Å². The van der Waals surface area contributed by atoms with Gasteiger partial charge in [0.1, 0.15) is 5.82 Å². The third kappa shape index (κ3) is 3.35. The molecule has 2 atom stereocenters. The van der Waals surface area contributed by atoms with Gasteiger partial charge >= 0.3 is 0 Å². The molecule has 3 heteroatoms. The molecule has 1 aliphatic rings. The molecule has 0 saturated carbocycles. The zero-order chi connectivity index (χ0) is 14.8. The first-order valence-corrected chi connectivity index (χ1v) is 8.22. The summed E-state index contributed by atoms with van der Waals surface area (Å²) in [7, 11) is 0. The maximum atomic E-state index is 13.5. The highest BCUT2D eigenvalue weighted by molar-refractivity contribution is 9.10. The van der Waals surface area contributed by atoms with Crippen molar-refractivity contribution in [1.82, 2.24) is 0 Å². The van der Waals surface area contributed by atoms with Crippen LogP contribution in [0.5, 0.6) is 0 Å². The minimum absolute atomic E-state index is 0.131. The van der Waals surface area contributed by atoms with Crippen molar-refractivity contribution in [2.45, 2.75) is 37.6 Å². The lowest BCUT2D eigenvalue weighted by molar-refractivity contribution is 0.475. The second-order valence-electron chi connectivity index (χ2n) is 5.83. The van der Waals surface area contributed by atoms with Crippen molar-refractivity contribution in [3.05, 3.63) is 69.4 Å². The fourth-order valence-electron chi connectivity index (χ4n) is 3.33. The Labute approximate surface area is 133 Å². The zero-order valence-electron chi connectivity index (χ0n) is 11.9. The number of halogens is 2. The van der Waals surface area contributed by atoms with Crippen molar-refractivity contribution in [2.75, 3.05) is 0 Å². The molecule has 0 spiro atoms. The maximum Gasteiger partial charge on any atom is 0.124 e. The maximum absolute atomic E-state index is 13.5. The smallest absolute Gasteiger partial charge is 0.124 e. The Balaban J connectivity index is 1.81. The van der Waals surface area contributed by atoms with Crippen LogP contribution in [0.25, 0.3) is 0 Å². The monoisotopic (exact) mass is 347 g/mol. The summed E-state index contributed by atoms with van der Waals surface area (Å²) in [5.74, 6) is 0.242.